The van der Waals surface area contributed by atoms with Gasteiger partial charge in [-0.15, -0.1) is 0 Å². The monoisotopic (exact) mass is 391 g/mol. The van der Waals surface area contributed by atoms with Crippen LogP contribution in [0.5, 0.6) is 0 Å². The van der Waals surface area contributed by atoms with E-state index in [-0.39, 0.29) is 42.5 Å². The number of hydrogen-bond acceptors (Lipinski definition) is 4. The van der Waals surface area contributed by atoms with Crippen molar-refractivity contribution in [3.05, 3.63) is 42.2 Å². The van der Waals surface area contributed by atoms with Crippen LogP contribution in [0.2, 0.25) is 0 Å². The van der Waals surface area contributed by atoms with Gasteiger partial charge in [-0.2, -0.15) is 0 Å². The molecule has 0 aliphatic carbocycles. The van der Waals surface area contributed by atoms with E-state index in [1.807, 2.05) is 0 Å². The van der Waals surface area contributed by atoms with Gasteiger partial charge in [0.2, 0.25) is 5.91 Å². The molecule has 28 heavy (non-hydrogen) atoms. The van der Waals surface area contributed by atoms with Crippen LogP contribution in [0.15, 0.2) is 30.6 Å². The molecule has 1 aromatic carbocycles. The maximum absolute atomic E-state index is 13.3. The zero-order valence-electron chi connectivity index (χ0n) is 14.9. The van der Waals surface area contributed by atoms with Gasteiger partial charge in [0.05, 0.1) is 24.1 Å². The molecule has 1 saturated heterocycles. The molecule has 1 aromatic heterocycles. The fourth-order valence-electron chi connectivity index (χ4n) is 2.95. The number of anilines is 1. The van der Waals surface area contributed by atoms with Crippen LogP contribution in [0, 0.1) is 11.6 Å². The average molecular weight is 391 g/mol. The zero-order valence-corrected chi connectivity index (χ0v) is 14.9. The van der Waals surface area contributed by atoms with Gasteiger partial charge in [0.1, 0.15) is 11.6 Å². The van der Waals surface area contributed by atoms with Crippen LogP contribution in [0.4, 0.5) is 19.4 Å². The molecule has 0 radical (unpaired) electrons. The number of hydrogen-bond donors (Lipinski definition) is 1. The van der Waals surface area contributed by atoms with Gasteiger partial charge < -0.3 is 9.80 Å². The second-order valence-electron chi connectivity index (χ2n) is 6.39. The van der Waals surface area contributed by atoms with E-state index >= 15 is 0 Å². The number of carbonyl (C=O) groups is 2. The van der Waals surface area contributed by atoms with Crippen LogP contribution in [-0.4, -0.2) is 57.9 Å². The summed E-state index contributed by atoms with van der Waals surface area (Å²) in [7, 11) is 1.65. The number of urea groups is 1. The lowest BCUT2D eigenvalue weighted by atomic mass is 10.1. The van der Waals surface area contributed by atoms with Crippen molar-refractivity contribution in [2.75, 3.05) is 25.5 Å². The first kappa shape index (κ1) is 21.2. The van der Waals surface area contributed by atoms with E-state index in [2.05, 4.69) is 15.3 Å². The van der Waals surface area contributed by atoms with E-state index in [9.17, 15) is 18.4 Å². The van der Waals surface area contributed by atoms with Crippen LogP contribution in [0.3, 0.4) is 0 Å². The Hall–Kier alpha value is -3.10. The molecule has 2 heterocycles. The Balaban J connectivity index is 0.00000280. The van der Waals surface area contributed by atoms with Crippen molar-refractivity contribution in [2.24, 2.45) is 0 Å². The summed E-state index contributed by atoms with van der Waals surface area (Å²) < 4.78 is 26.6. The van der Waals surface area contributed by atoms with Crippen molar-refractivity contribution in [2.45, 2.75) is 26.8 Å². The molecular weight excluding hydrogens is 368 g/mol. The Labute approximate surface area is 162 Å². The third-order valence-electron chi connectivity index (χ3n) is 4.52. The summed E-state index contributed by atoms with van der Waals surface area (Å²) in [4.78, 5) is 35.2. The summed E-state index contributed by atoms with van der Waals surface area (Å²) in [5.41, 5.74) is 0.540. The smallest absolute Gasteiger partial charge is 0.323 e. The number of aromatic nitrogens is 2. The molecule has 3 rings (SSSR count). The molecular formula is C19H23F2N5O2. The van der Waals surface area contributed by atoms with Crippen molar-refractivity contribution < 1.29 is 18.4 Å². The van der Waals surface area contributed by atoms with Gasteiger partial charge in [-0.25, -0.2) is 18.6 Å². The maximum Gasteiger partial charge on any atom is 0.323 e. The Kier molecular flexibility index (Phi) is 6.61. The van der Waals surface area contributed by atoms with Crippen LogP contribution in [0.25, 0.3) is 11.3 Å². The summed E-state index contributed by atoms with van der Waals surface area (Å²) in [5, 5.41) is 2.63. The van der Waals surface area contributed by atoms with E-state index in [1.165, 1.54) is 24.2 Å². The lowest BCUT2D eigenvalue weighted by molar-refractivity contribution is -0.127. The molecule has 9 heteroatoms. The standard InChI is InChI=1S/C18H19F2N5O2.CH4/c1-11(26)25-4-3-15(10-25)24(2)18(27)23-17-9-21-16(8-22-17)12-5-13(19)7-14(20)6-12;/h5-9,15H,3-4,10H2,1-2H3,(H,22,23,27);1H4/t15-;/m0./s1. The van der Waals surface area contributed by atoms with E-state index in [1.54, 1.807) is 11.9 Å². The molecule has 0 bridgehead atoms. The third-order valence-corrected chi connectivity index (χ3v) is 4.52. The highest BCUT2D eigenvalue weighted by atomic mass is 19.1. The molecule has 150 valence electrons. The number of halogens is 2. The van der Waals surface area contributed by atoms with Gasteiger partial charge in [-0.1, -0.05) is 7.43 Å². The first-order chi connectivity index (χ1) is 12.8. The minimum absolute atomic E-state index is 0. The summed E-state index contributed by atoms with van der Waals surface area (Å²) in [5.74, 6) is -1.21. The average Bonchev–Trinajstić information content (AvgIpc) is 3.11. The van der Waals surface area contributed by atoms with Gasteiger partial charge in [-0.3, -0.25) is 15.1 Å². The van der Waals surface area contributed by atoms with Crippen molar-refractivity contribution in [3.63, 3.8) is 0 Å². The van der Waals surface area contributed by atoms with Crippen LogP contribution >= 0.6 is 0 Å². The van der Waals surface area contributed by atoms with Gasteiger partial charge >= 0.3 is 6.03 Å². The predicted octanol–water partition coefficient (Wildman–Crippen LogP) is 3.14. The second kappa shape index (κ2) is 8.73. The Morgan fingerprint density at radius 3 is 2.39 bits per heavy atom. The fraction of sp³-hybridized carbons (Fsp3) is 0.368. The molecule has 1 N–H and O–H groups in total. The van der Waals surface area contributed by atoms with Crippen LogP contribution in [-0.2, 0) is 4.79 Å². The quantitative estimate of drug-likeness (QED) is 0.872. The van der Waals surface area contributed by atoms with Gasteiger partial charge in [-0.05, 0) is 18.6 Å². The second-order valence-corrected chi connectivity index (χ2v) is 6.39. The minimum atomic E-state index is -0.707. The summed E-state index contributed by atoms with van der Waals surface area (Å²) in [6.07, 6.45) is 3.36. The molecule has 1 aliphatic rings. The predicted molar refractivity (Wildman–Crippen MR) is 102 cm³/mol. The van der Waals surface area contributed by atoms with E-state index in [0.29, 0.717) is 19.5 Å². The fourth-order valence-corrected chi connectivity index (χ4v) is 2.95. The number of rotatable bonds is 3. The summed E-state index contributed by atoms with van der Waals surface area (Å²) >= 11 is 0. The van der Waals surface area contributed by atoms with Gasteiger partial charge in [0, 0.05) is 38.7 Å². The molecule has 1 atom stereocenters. The summed E-state index contributed by atoms with van der Waals surface area (Å²) in [6.45, 7) is 2.62. The number of nitrogens with one attached hydrogen (secondary N) is 1. The van der Waals surface area contributed by atoms with E-state index in [0.717, 1.165) is 18.2 Å². The first-order valence-corrected chi connectivity index (χ1v) is 8.41. The summed E-state index contributed by atoms with van der Waals surface area (Å²) in [6, 6.07) is 2.64. The highest BCUT2D eigenvalue weighted by Gasteiger charge is 2.29. The van der Waals surface area contributed by atoms with E-state index < -0.39 is 11.6 Å². The molecule has 7 nitrogen and oxygen atoms in total. The lowest BCUT2D eigenvalue weighted by Crippen LogP contribution is -2.42. The maximum atomic E-state index is 13.3. The van der Waals surface area contributed by atoms with Gasteiger partial charge in [0.15, 0.2) is 5.82 Å². The van der Waals surface area contributed by atoms with Crippen molar-refractivity contribution in [1.82, 2.24) is 19.8 Å². The molecule has 3 amide bonds. The Morgan fingerprint density at radius 1 is 1.18 bits per heavy atom. The molecule has 1 fully saturated rings. The van der Waals surface area contributed by atoms with E-state index in [4.69, 9.17) is 0 Å². The van der Waals surface area contributed by atoms with Gasteiger partial charge in [0.25, 0.3) is 0 Å². The van der Waals surface area contributed by atoms with Crippen molar-refractivity contribution >= 4 is 17.8 Å². The first-order valence-electron chi connectivity index (χ1n) is 8.41. The number of nitrogens with zero attached hydrogens (tertiary/aromatic N) is 4. The number of likely N-dealkylation sites (tertiary alicyclic amines) is 1. The molecule has 0 spiro atoms. The Bertz CT molecular complexity index is 840. The van der Waals surface area contributed by atoms with Crippen LogP contribution in [0.1, 0.15) is 20.8 Å². The molecule has 0 saturated carbocycles. The molecule has 0 unspecified atom stereocenters. The van der Waals surface area contributed by atoms with Crippen LogP contribution < -0.4 is 5.32 Å². The number of carbonyl (C=O) groups excluding carboxylic acids is 2. The Morgan fingerprint density at radius 2 is 1.86 bits per heavy atom. The number of amides is 3. The zero-order chi connectivity index (χ0) is 19.6. The third kappa shape index (κ3) is 4.79. The van der Waals surface area contributed by atoms with Crippen molar-refractivity contribution in [1.29, 1.82) is 0 Å². The number of benzene rings is 1. The number of likely N-dealkylation sites (N-methyl/N-ethyl adjacent to an activating group) is 1. The highest BCUT2D eigenvalue weighted by molar-refractivity contribution is 5.88. The largest absolute Gasteiger partial charge is 0.341 e. The topological polar surface area (TPSA) is 78.4 Å². The van der Waals surface area contributed by atoms with Crippen molar-refractivity contribution in [3.8, 4) is 11.3 Å². The molecule has 1 aliphatic heterocycles. The highest BCUT2D eigenvalue weighted by Crippen LogP contribution is 2.20. The molecule has 2 aromatic rings. The SMILES string of the molecule is C.CC(=O)N1CC[C@H](N(C)C(=O)Nc2cnc(-c3cc(F)cc(F)c3)cn2)C1. The lowest BCUT2D eigenvalue weighted by Gasteiger charge is -2.24. The normalized spacial score (nSPS) is 15.7. The minimum Gasteiger partial charge on any atom is -0.341 e.